The van der Waals surface area contributed by atoms with Gasteiger partial charge in [-0.15, -0.1) is 11.8 Å². The Hall–Kier alpha value is -2.43. The number of thioether (sulfide) groups is 1. The second-order valence-electron chi connectivity index (χ2n) is 6.32. The molecule has 0 aliphatic heterocycles. The van der Waals surface area contributed by atoms with E-state index in [0.717, 1.165) is 27.5 Å². The third-order valence-electron chi connectivity index (χ3n) is 4.11. The molecule has 0 atom stereocenters. The Kier molecular flexibility index (Phi) is 7.01. The molecule has 0 saturated heterocycles. The molecule has 0 radical (unpaired) electrons. The quantitative estimate of drug-likeness (QED) is 0.445. The van der Waals surface area contributed by atoms with Gasteiger partial charge in [-0.25, -0.2) is 0 Å². The minimum atomic E-state index is -0.133. The van der Waals surface area contributed by atoms with Gasteiger partial charge in [0.25, 0.3) is 5.91 Å². The van der Waals surface area contributed by atoms with Crippen molar-refractivity contribution in [2.75, 3.05) is 11.9 Å². The average Bonchev–Trinajstić information content (AvgIpc) is 2.68. The van der Waals surface area contributed by atoms with E-state index in [-0.39, 0.29) is 5.91 Å². The van der Waals surface area contributed by atoms with Crippen molar-refractivity contribution in [1.29, 1.82) is 0 Å². The Bertz CT molecular complexity index is 957. The lowest BCUT2D eigenvalue weighted by molar-refractivity contribution is 0.102. The number of ether oxygens (including phenoxy) is 1. The summed E-state index contributed by atoms with van der Waals surface area (Å²) >= 11 is 7.63. The van der Waals surface area contributed by atoms with Crippen LogP contribution < -0.4 is 10.1 Å². The zero-order chi connectivity index (χ0) is 19.9. The van der Waals surface area contributed by atoms with Crippen LogP contribution in [0.3, 0.4) is 0 Å². The van der Waals surface area contributed by atoms with E-state index in [9.17, 15) is 4.79 Å². The summed E-state index contributed by atoms with van der Waals surface area (Å²) in [5.74, 6) is 1.37. The topological polar surface area (TPSA) is 38.3 Å². The maximum atomic E-state index is 12.7. The molecule has 0 aromatic heterocycles. The minimum absolute atomic E-state index is 0.133. The van der Waals surface area contributed by atoms with E-state index >= 15 is 0 Å². The van der Waals surface area contributed by atoms with Gasteiger partial charge in [-0.05, 0) is 74.0 Å². The number of aryl methyl sites for hydroxylation is 1. The van der Waals surface area contributed by atoms with Crippen molar-refractivity contribution >= 4 is 35.0 Å². The van der Waals surface area contributed by atoms with Crippen molar-refractivity contribution in [2.45, 2.75) is 24.5 Å². The fraction of sp³-hybridized carbons (Fsp3) is 0.174. The zero-order valence-corrected chi connectivity index (χ0v) is 17.4. The third kappa shape index (κ3) is 5.54. The van der Waals surface area contributed by atoms with Crippen LogP contribution in [0.5, 0.6) is 5.75 Å². The molecule has 3 rings (SSSR count). The van der Waals surface area contributed by atoms with Crippen molar-refractivity contribution < 1.29 is 9.53 Å². The summed E-state index contributed by atoms with van der Waals surface area (Å²) in [6.45, 7) is 4.53. The summed E-state index contributed by atoms with van der Waals surface area (Å²) in [6.07, 6.45) is 0. The smallest absolute Gasteiger partial charge is 0.255 e. The molecule has 0 saturated carbocycles. The Balaban J connectivity index is 1.77. The molecule has 0 unspecified atom stereocenters. The number of rotatable bonds is 7. The van der Waals surface area contributed by atoms with Crippen LogP contribution in [0.15, 0.2) is 71.6 Å². The van der Waals surface area contributed by atoms with Crippen molar-refractivity contribution in [3.63, 3.8) is 0 Å². The lowest BCUT2D eigenvalue weighted by atomic mass is 10.1. The Morgan fingerprint density at radius 1 is 1.07 bits per heavy atom. The van der Waals surface area contributed by atoms with Crippen LogP contribution >= 0.6 is 23.4 Å². The van der Waals surface area contributed by atoms with E-state index < -0.39 is 0 Å². The highest BCUT2D eigenvalue weighted by Crippen LogP contribution is 2.30. The number of nitrogens with one attached hydrogen (secondary N) is 1. The largest absolute Gasteiger partial charge is 0.494 e. The molecule has 3 aromatic rings. The molecule has 3 nitrogen and oxygen atoms in total. The first-order chi connectivity index (χ1) is 13.5. The van der Waals surface area contributed by atoms with Gasteiger partial charge in [0.1, 0.15) is 5.75 Å². The van der Waals surface area contributed by atoms with E-state index in [4.69, 9.17) is 16.3 Å². The summed E-state index contributed by atoms with van der Waals surface area (Å²) in [6, 6.07) is 21.1. The van der Waals surface area contributed by atoms with Gasteiger partial charge in [0.05, 0.1) is 6.61 Å². The van der Waals surface area contributed by atoms with Crippen LogP contribution in [0.25, 0.3) is 0 Å². The highest BCUT2D eigenvalue weighted by molar-refractivity contribution is 7.98. The predicted octanol–water partition coefficient (Wildman–Crippen LogP) is 6.59. The molecule has 0 bridgehead atoms. The standard InChI is InChI=1S/C23H22ClNO2S/c1-3-27-22-12-7-17(23(26)25-20-6-4-5-16(2)13-20)14-18(22)15-28-21-10-8-19(24)9-11-21/h4-14H,3,15H2,1-2H3,(H,25,26). The van der Waals surface area contributed by atoms with Crippen LogP contribution in [0.1, 0.15) is 28.4 Å². The van der Waals surface area contributed by atoms with Crippen LogP contribution in [0.2, 0.25) is 5.02 Å². The average molecular weight is 412 g/mol. The zero-order valence-electron chi connectivity index (χ0n) is 15.9. The summed E-state index contributed by atoms with van der Waals surface area (Å²) in [5.41, 5.74) is 3.48. The Morgan fingerprint density at radius 2 is 1.86 bits per heavy atom. The van der Waals surface area contributed by atoms with Gasteiger partial charge >= 0.3 is 0 Å². The van der Waals surface area contributed by atoms with E-state index in [1.54, 1.807) is 17.8 Å². The molecule has 3 aromatic carbocycles. The number of hydrogen-bond donors (Lipinski definition) is 1. The minimum Gasteiger partial charge on any atom is -0.494 e. The first-order valence-electron chi connectivity index (χ1n) is 9.07. The Labute approximate surface area is 175 Å². The van der Waals surface area contributed by atoms with Gasteiger partial charge in [-0.3, -0.25) is 4.79 Å². The summed E-state index contributed by atoms with van der Waals surface area (Å²) in [4.78, 5) is 13.8. The van der Waals surface area contributed by atoms with Crippen molar-refractivity contribution in [3.05, 3.63) is 88.4 Å². The van der Waals surface area contributed by atoms with Crippen LogP contribution in [-0.2, 0) is 5.75 Å². The molecule has 28 heavy (non-hydrogen) atoms. The molecule has 1 amide bonds. The highest BCUT2D eigenvalue weighted by Gasteiger charge is 2.12. The third-order valence-corrected chi connectivity index (χ3v) is 5.42. The second kappa shape index (κ2) is 9.67. The fourth-order valence-corrected chi connectivity index (χ4v) is 3.75. The number of hydrogen-bond acceptors (Lipinski definition) is 3. The first-order valence-corrected chi connectivity index (χ1v) is 10.4. The molecule has 0 heterocycles. The van der Waals surface area contributed by atoms with E-state index in [1.165, 1.54) is 0 Å². The molecule has 0 aliphatic rings. The van der Waals surface area contributed by atoms with Gasteiger partial charge in [-0.2, -0.15) is 0 Å². The summed E-state index contributed by atoms with van der Waals surface area (Å²) in [7, 11) is 0. The highest BCUT2D eigenvalue weighted by atomic mass is 35.5. The molecule has 5 heteroatoms. The van der Waals surface area contributed by atoms with Gasteiger partial charge in [-0.1, -0.05) is 23.7 Å². The predicted molar refractivity (Wildman–Crippen MR) is 118 cm³/mol. The number of anilines is 1. The molecular formula is C23H22ClNO2S. The molecule has 0 fully saturated rings. The second-order valence-corrected chi connectivity index (χ2v) is 7.81. The lowest BCUT2D eigenvalue weighted by Crippen LogP contribution is -2.12. The maximum absolute atomic E-state index is 12.7. The normalized spacial score (nSPS) is 10.5. The van der Waals surface area contributed by atoms with Gasteiger partial charge in [0.15, 0.2) is 0 Å². The summed E-state index contributed by atoms with van der Waals surface area (Å²) < 4.78 is 5.75. The maximum Gasteiger partial charge on any atom is 0.255 e. The SMILES string of the molecule is CCOc1ccc(C(=O)Nc2cccc(C)c2)cc1CSc1ccc(Cl)cc1. The van der Waals surface area contributed by atoms with Crippen LogP contribution in [0, 0.1) is 6.92 Å². The van der Waals surface area contributed by atoms with Crippen LogP contribution in [-0.4, -0.2) is 12.5 Å². The van der Waals surface area contributed by atoms with Crippen molar-refractivity contribution in [1.82, 2.24) is 0 Å². The number of carbonyl (C=O) groups is 1. The molecule has 144 valence electrons. The fourth-order valence-electron chi connectivity index (χ4n) is 2.75. The molecule has 1 N–H and O–H groups in total. The van der Waals surface area contributed by atoms with Gasteiger partial charge in [0, 0.05) is 32.5 Å². The number of amides is 1. The summed E-state index contributed by atoms with van der Waals surface area (Å²) in [5, 5.41) is 3.67. The number of carbonyl (C=O) groups excluding carboxylic acids is 1. The van der Waals surface area contributed by atoms with E-state index in [1.807, 2.05) is 74.5 Å². The number of benzene rings is 3. The number of halogens is 1. The van der Waals surface area contributed by atoms with Crippen LogP contribution in [0.4, 0.5) is 5.69 Å². The van der Waals surface area contributed by atoms with Crippen molar-refractivity contribution in [2.24, 2.45) is 0 Å². The monoisotopic (exact) mass is 411 g/mol. The Morgan fingerprint density at radius 3 is 2.57 bits per heavy atom. The van der Waals surface area contributed by atoms with Crippen molar-refractivity contribution in [3.8, 4) is 5.75 Å². The van der Waals surface area contributed by atoms with Gasteiger partial charge < -0.3 is 10.1 Å². The van der Waals surface area contributed by atoms with E-state index in [0.29, 0.717) is 22.9 Å². The van der Waals surface area contributed by atoms with E-state index in [2.05, 4.69) is 5.32 Å². The lowest BCUT2D eigenvalue weighted by Gasteiger charge is -2.13. The molecular weight excluding hydrogens is 390 g/mol. The molecule has 0 aliphatic carbocycles. The molecule has 0 spiro atoms. The first kappa shape index (κ1) is 20.3. The van der Waals surface area contributed by atoms with Gasteiger partial charge in [0.2, 0.25) is 0 Å².